The van der Waals surface area contributed by atoms with Crippen LogP contribution in [0.1, 0.15) is 31.2 Å². The van der Waals surface area contributed by atoms with Gasteiger partial charge in [-0.25, -0.2) is 0 Å². The Morgan fingerprint density at radius 3 is 3.00 bits per heavy atom. The second kappa shape index (κ2) is 6.80. The molecule has 0 N–H and O–H groups in total. The van der Waals surface area contributed by atoms with E-state index in [1.54, 1.807) is 0 Å². The molecular weight excluding hydrogens is 262 g/mol. The summed E-state index contributed by atoms with van der Waals surface area (Å²) in [5, 5.41) is 0. The molecule has 1 aromatic rings. The van der Waals surface area contributed by atoms with Gasteiger partial charge in [0.2, 0.25) is 5.91 Å². The molecule has 0 saturated heterocycles. The van der Waals surface area contributed by atoms with E-state index in [0.29, 0.717) is 12.5 Å². The summed E-state index contributed by atoms with van der Waals surface area (Å²) in [6, 6.07) is 7.83. The van der Waals surface area contributed by atoms with E-state index in [2.05, 4.69) is 0 Å². The Labute approximate surface area is 119 Å². The zero-order chi connectivity index (χ0) is 13.7. The molecular formula is C15H20ClNO2. The Bertz CT molecular complexity index is 436. The second-order valence-electron chi connectivity index (χ2n) is 4.69. The molecule has 1 aliphatic heterocycles. The summed E-state index contributed by atoms with van der Waals surface area (Å²) in [5.74, 6) is 1.57. The molecule has 0 fully saturated rings. The fourth-order valence-electron chi connectivity index (χ4n) is 2.49. The summed E-state index contributed by atoms with van der Waals surface area (Å²) in [7, 11) is 0. The number of ether oxygens (including phenoxy) is 1. The molecule has 0 bridgehead atoms. The van der Waals surface area contributed by atoms with Crippen LogP contribution in [0.2, 0.25) is 0 Å². The van der Waals surface area contributed by atoms with Gasteiger partial charge in [0.25, 0.3) is 0 Å². The van der Waals surface area contributed by atoms with Gasteiger partial charge in [-0.1, -0.05) is 18.2 Å². The van der Waals surface area contributed by atoms with E-state index in [1.807, 2.05) is 36.1 Å². The minimum absolute atomic E-state index is 0.0692. The van der Waals surface area contributed by atoms with Gasteiger partial charge in [-0.05, 0) is 25.8 Å². The minimum atomic E-state index is -0.0692. The summed E-state index contributed by atoms with van der Waals surface area (Å²) in [6.07, 6.45) is 1.60. The van der Waals surface area contributed by atoms with Crippen LogP contribution >= 0.6 is 11.6 Å². The molecule has 0 aliphatic carbocycles. The lowest BCUT2D eigenvalue weighted by Gasteiger charge is -2.30. The first-order valence-corrected chi connectivity index (χ1v) is 7.37. The number of fused-ring (bicyclic) bond motifs is 1. The maximum absolute atomic E-state index is 12.6. The lowest BCUT2D eigenvalue weighted by Crippen LogP contribution is -2.37. The van der Waals surface area contributed by atoms with Crippen molar-refractivity contribution < 1.29 is 9.53 Å². The summed E-state index contributed by atoms with van der Waals surface area (Å²) < 4.78 is 5.61. The number of likely N-dealkylation sites (N-methyl/N-ethyl adjacent to an activating group) is 1. The van der Waals surface area contributed by atoms with E-state index in [1.165, 1.54) is 0 Å². The lowest BCUT2D eigenvalue weighted by atomic mass is 9.91. The number of nitrogens with zero attached hydrogens (tertiary/aromatic N) is 1. The molecule has 19 heavy (non-hydrogen) atoms. The molecule has 0 spiro atoms. The van der Waals surface area contributed by atoms with Crippen LogP contribution in [0.25, 0.3) is 0 Å². The average molecular weight is 282 g/mol. The standard InChI is InChI=1S/C15H20ClNO2/c1-2-17(10-5-9-16)15(18)13-8-11-19-14-7-4-3-6-12(13)14/h3-4,6-7,13H,2,5,8-11H2,1H3. The van der Waals surface area contributed by atoms with Crippen molar-refractivity contribution in [1.82, 2.24) is 4.90 Å². The Morgan fingerprint density at radius 1 is 1.47 bits per heavy atom. The highest BCUT2D eigenvalue weighted by Gasteiger charge is 2.30. The van der Waals surface area contributed by atoms with Crippen molar-refractivity contribution in [1.29, 1.82) is 0 Å². The smallest absolute Gasteiger partial charge is 0.230 e. The lowest BCUT2D eigenvalue weighted by molar-refractivity contribution is -0.133. The number of hydrogen-bond donors (Lipinski definition) is 0. The first kappa shape index (κ1) is 14.2. The van der Waals surface area contributed by atoms with E-state index in [4.69, 9.17) is 16.3 Å². The molecule has 1 heterocycles. The maximum Gasteiger partial charge on any atom is 0.230 e. The number of amides is 1. The third kappa shape index (κ3) is 3.21. The quantitative estimate of drug-likeness (QED) is 0.777. The summed E-state index contributed by atoms with van der Waals surface area (Å²) in [4.78, 5) is 14.5. The topological polar surface area (TPSA) is 29.5 Å². The zero-order valence-electron chi connectivity index (χ0n) is 11.3. The Balaban J connectivity index is 2.15. The van der Waals surface area contributed by atoms with Crippen molar-refractivity contribution >= 4 is 17.5 Å². The number of hydrogen-bond acceptors (Lipinski definition) is 2. The monoisotopic (exact) mass is 281 g/mol. The van der Waals surface area contributed by atoms with Crippen molar-refractivity contribution in [2.75, 3.05) is 25.6 Å². The van der Waals surface area contributed by atoms with E-state index < -0.39 is 0 Å². The first-order chi connectivity index (χ1) is 9.27. The van der Waals surface area contributed by atoms with Gasteiger partial charge in [0, 0.05) is 24.5 Å². The third-order valence-corrected chi connectivity index (χ3v) is 3.78. The largest absolute Gasteiger partial charge is 0.493 e. The Morgan fingerprint density at radius 2 is 2.26 bits per heavy atom. The van der Waals surface area contributed by atoms with Gasteiger partial charge in [0.15, 0.2) is 0 Å². The number of para-hydroxylation sites is 1. The molecule has 4 heteroatoms. The third-order valence-electron chi connectivity index (χ3n) is 3.51. The van der Waals surface area contributed by atoms with Crippen LogP contribution in [-0.4, -0.2) is 36.4 Å². The van der Waals surface area contributed by atoms with Crippen molar-refractivity contribution in [2.45, 2.75) is 25.7 Å². The van der Waals surface area contributed by atoms with Crippen LogP contribution in [0.5, 0.6) is 5.75 Å². The van der Waals surface area contributed by atoms with Crippen LogP contribution in [-0.2, 0) is 4.79 Å². The number of carbonyl (C=O) groups is 1. The molecule has 0 radical (unpaired) electrons. The molecule has 1 atom stereocenters. The SMILES string of the molecule is CCN(CCCCl)C(=O)C1CCOc2ccccc21. The van der Waals surface area contributed by atoms with E-state index in [-0.39, 0.29) is 11.8 Å². The van der Waals surface area contributed by atoms with Crippen LogP contribution < -0.4 is 4.74 Å². The molecule has 104 valence electrons. The molecule has 1 unspecified atom stereocenters. The van der Waals surface area contributed by atoms with E-state index in [0.717, 1.165) is 37.2 Å². The molecule has 1 aliphatic rings. The van der Waals surface area contributed by atoms with Crippen molar-refractivity contribution in [2.24, 2.45) is 0 Å². The molecule has 3 nitrogen and oxygen atoms in total. The molecule has 1 aromatic carbocycles. The Hall–Kier alpha value is -1.22. The predicted octanol–water partition coefficient (Wildman–Crippen LogP) is 3.03. The van der Waals surface area contributed by atoms with Gasteiger partial charge in [-0.15, -0.1) is 11.6 Å². The fraction of sp³-hybridized carbons (Fsp3) is 0.533. The van der Waals surface area contributed by atoms with Gasteiger partial charge in [-0.3, -0.25) is 4.79 Å². The maximum atomic E-state index is 12.6. The van der Waals surface area contributed by atoms with Crippen LogP contribution in [0.3, 0.4) is 0 Å². The molecule has 0 aromatic heterocycles. The second-order valence-corrected chi connectivity index (χ2v) is 5.07. The van der Waals surface area contributed by atoms with Crippen LogP contribution in [0.4, 0.5) is 0 Å². The number of halogens is 1. The van der Waals surface area contributed by atoms with Gasteiger partial charge in [-0.2, -0.15) is 0 Å². The van der Waals surface area contributed by atoms with Gasteiger partial charge < -0.3 is 9.64 Å². The normalized spacial score (nSPS) is 17.5. The van der Waals surface area contributed by atoms with Crippen molar-refractivity contribution in [3.63, 3.8) is 0 Å². The number of rotatable bonds is 5. The molecule has 1 amide bonds. The number of alkyl halides is 1. The average Bonchev–Trinajstić information content (AvgIpc) is 2.47. The summed E-state index contributed by atoms with van der Waals surface area (Å²) >= 11 is 5.72. The highest BCUT2D eigenvalue weighted by atomic mass is 35.5. The first-order valence-electron chi connectivity index (χ1n) is 6.84. The van der Waals surface area contributed by atoms with Crippen LogP contribution in [0.15, 0.2) is 24.3 Å². The van der Waals surface area contributed by atoms with E-state index >= 15 is 0 Å². The fourth-order valence-corrected chi connectivity index (χ4v) is 2.61. The minimum Gasteiger partial charge on any atom is -0.493 e. The summed E-state index contributed by atoms with van der Waals surface area (Å²) in [5.41, 5.74) is 1.02. The van der Waals surface area contributed by atoms with Gasteiger partial charge in [0.1, 0.15) is 5.75 Å². The van der Waals surface area contributed by atoms with Crippen molar-refractivity contribution in [3.05, 3.63) is 29.8 Å². The molecule has 0 saturated carbocycles. The number of carbonyl (C=O) groups excluding carboxylic acids is 1. The highest BCUT2D eigenvalue weighted by molar-refractivity contribution is 6.17. The Kier molecular flexibility index (Phi) is 5.08. The van der Waals surface area contributed by atoms with Gasteiger partial charge >= 0.3 is 0 Å². The number of benzene rings is 1. The highest BCUT2D eigenvalue weighted by Crippen LogP contribution is 2.34. The predicted molar refractivity (Wildman–Crippen MR) is 76.9 cm³/mol. The van der Waals surface area contributed by atoms with Crippen LogP contribution in [0, 0.1) is 0 Å². The summed E-state index contributed by atoms with van der Waals surface area (Å²) in [6.45, 7) is 4.09. The van der Waals surface area contributed by atoms with Gasteiger partial charge in [0.05, 0.1) is 12.5 Å². The van der Waals surface area contributed by atoms with Crippen molar-refractivity contribution in [3.8, 4) is 5.75 Å². The zero-order valence-corrected chi connectivity index (χ0v) is 12.0. The molecule has 2 rings (SSSR count). The van der Waals surface area contributed by atoms with E-state index in [9.17, 15) is 4.79 Å².